The van der Waals surface area contributed by atoms with Gasteiger partial charge in [-0.2, -0.15) is 0 Å². The average Bonchev–Trinajstić information content (AvgIpc) is 2.27. The van der Waals surface area contributed by atoms with Gasteiger partial charge in [0.25, 0.3) is 11.6 Å². The predicted molar refractivity (Wildman–Crippen MR) is 57.2 cm³/mol. The van der Waals surface area contributed by atoms with Crippen molar-refractivity contribution in [1.29, 1.82) is 0 Å². The summed E-state index contributed by atoms with van der Waals surface area (Å²) in [6, 6.07) is 3.81. The first-order chi connectivity index (χ1) is 7.47. The van der Waals surface area contributed by atoms with E-state index in [1.807, 2.05) is 0 Å². The van der Waals surface area contributed by atoms with E-state index in [4.69, 9.17) is 11.6 Å². The first kappa shape index (κ1) is 12.4. The van der Waals surface area contributed by atoms with Crippen LogP contribution in [0.15, 0.2) is 18.2 Å². The number of hydrogen-bond acceptors (Lipinski definition) is 4. The molecule has 1 amide bonds. The summed E-state index contributed by atoms with van der Waals surface area (Å²) in [6.07, 6.45) is 0. The van der Waals surface area contributed by atoms with Gasteiger partial charge in [-0.3, -0.25) is 19.7 Å². The minimum atomic E-state index is -0.647. The lowest BCUT2D eigenvalue weighted by atomic mass is 10.2. The maximum atomic E-state index is 11.6. The molecular weight excluding hydrogens is 236 g/mol. The first-order valence-electron chi connectivity index (χ1n) is 4.23. The number of carbonyl (C=O) groups excluding carboxylic acids is 1. The molecule has 0 N–H and O–H groups in total. The van der Waals surface area contributed by atoms with Gasteiger partial charge in [0.05, 0.1) is 12.0 Å². The molecule has 16 heavy (non-hydrogen) atoms. The molecule has 6 nitrogen and oxygen atoms in total. The number of halogens is 1. The Kier molecular flexibility index (Phi) is 3.81. The van der Waals surface area contributed by atoms with Crippen LogP contribution in [0.4, 0.5) is 5.69 Å². The van der Waals surface area contributed by atoms with Crippen LogP contribution in [0.25, 0.3) is 0 Å². The zero-order valence-corrected chi connectivity index (χ0v) is 9.39. The zero-order chi connectivity index (χ0) is 12.3. The van der Waals surface area contributed by atoms with Crippen LogP contribution in [0.5, 0.6) is 0 Å². The Morgan fingerprint density at radius 2 is 2.19 bits per heavy atom. The quantitative estimate of drug-likeness (QED) is 0.601. The number of carbonyl (C=O) groups is 1. The molecule has 1 aromatic rings. The Balaban J connectivity index is 3.13. The summed E-state index contributed by atoms with van der Waals surface area (Å²) in [5, 5.41) is 11.6. The first-order valence-corrected chi connectivity index (χ1v) is 4.61. The molecule has 1 rings (SSSR count). The predicted octanol–water partition coefficient (Wildman–Crippen LogP) is 1.88. The van der Waals surface area contributed by atoms with E-state index < -0.39 is 10.8 Å². The second-order valence-electron chi connectivity index (χ2n) is 2.91. The molecule has 1 aromatic carbocycles. The molecule has 0 saturated heterocycles. The molecular formula is C9H9ClN2O4. The minimum absolute atomic E-state index is 0.0124. The van der Waals surface area contributed by atoms with Crippen molar-refractivity contribution >= 4 is 23.2 Å². The van der Waals surface area contributed by atoms with Crippen molar-refractivity contribution in [3.8, 4) is 0 Å². The molecule has 0 aliphatic rings. The molecule has 0 aliphatic carbocycles. The number of benzene rings is 1. The van der Waals surface area contributed by atoms with Crippen molar-refractivity contribution in [2.75, 3.05) is 14.2 Å². The van der Waals surface area contributed by atoms with Crippen LogP contribution in [0.3, 0.4) is 0 Å². The molecule has 0 aromatic heterocycles. The van der Waals surface area contributed by atoms with Crippen LogP contribution in [0.1, 0.15) is 10.4 Å². The number of nitro groups is 1. The highest BCUT2D eigenvalue weighted by Crippen LogP contribution is 2.25. The summed E-state index contributed by atoms with van der Waals surface area (Å²) in [5.41, 5.74) is -0.169. The summed E-state index contributed by atoms with van der Waals surface area (Å²) in [6.45, 7) is 0. The zero-order valence-electron chi connectivity index (χ0n) is 8.64. The van der Waals surface area contributed by atoms with Crippen LogP contribution in [0.2, 0.25) is 5.02 Å². The lowest BCUT2D eigenvalue weighted by molar-refractivity contribution is -0.384. The van der Waals surface area contributed by atoms with E-state index in [2.05, 4.69) is 4.84 Å². The van der Waals surface area contributed by atoms with E-state index in [0.29, 0.717) is 0 Å². The van der Waals surface area contributed by atoms with Crippen LogP contribution < -0.4 is 0 Å². The lowest BCUT2D eigenvalue weighted by Crippen LogP contribution is -2.25. The van der Waals surface area contributed by atoms with Gasteiger partial charge >= 0.3 is 0 Å². The van der Waals surface area contributed by atoms with Gasteiger partial charge in [-0.05, 0) is 12.1 Å². The molecule has 86 valence electrons. The minimum Gasteiger partial charge on any atom is -0.274 e. The number of nitro benzene ring substituents is 1. The molecule has 0 spiro atoms. The maximum absolute atomic E-state index is 11.6. The van der Waals surface area contributed by atoms with E-state index in [0.717, 1.165) is 11.1 Å². The van der Waals surface area contributed by atoms with Gasteiger partial charge in [-0.25, -0.2) is 5.06 Å². The van der Waals surface area contributed by atoms with E-state index >= 15 is 0 Å². The van der Waals surface area contributed by atoms with Gasteiger partial charge in [-0.15, -0.1) is 0 Å². The highest BCUT2D eigenvalue weighted by molar-refractivity contribution is 6.32. The third-order valence-corrected chi connectivity index (χ3v) is 2.27. The smallest absolute Gasteiger partial charge is 0.274 e. The van der Waals surface area contributed by atoms with Crippen molar-refractivity contribution in [3.63, 3.8) is 0 Å². The molecule has 0 atom stereocenters. The van der Waals surface area contributed by atoms with Crippen LogP contribution in [-0.2, 0) is 4.84 Å². The second kappa shape index (κ2) is 4.91. The fourth-order valence-electron chi connectivity index (χ4n) is 1.05. The third kappa shape index (κ3) is 2.47. The van der Waals surface area contributed by atoms with Gasteiger partial charge in [-0.1, -0.05) is 11.6 Å². The Labute approximate surface area is 96.5 Å². The van der Waals surface area contributed by atoms with Crippen molar-refractivity contribution in [2.45, 2.75) is 0 Å². The van der Waals surface area contributed by atoms with Gasteiger partial charge in [0.15, 0.2) is 0 Å². The van der Waals surface area contributed by atoms with Gasteiger partial charge < -0.3 is 0 Å². The summed E-state index contributed by atoms with van der Waals surface area (Å²) in [7, 11) is 2.73. The fraction of sp³-hybridized carbons (Fsp3) is 0.222. The van der Waals surface area contributed by atoms with Gasteiger partial charge in [0.1, 0.15) is 5.02 Å². The molecule has 0 heterocycles. The highest BCUT2D eigenvalue weighted by atomic mass is 35.5. The Hall–Kier alpha value is -1.66. The van der Waals surface area contributed by atoms with Crippen LogP contribution in [0, 0.1) is 10.1 Å². The molecule has 0 unspecified atom stereocenters. The summed E-state index contributed by atoms with van der Waals surface area (Å²) < 4.78 is 0. The van der Waals surface area contributed by atoms with Crippen LogP contribution >= 0.6 is 11.6 Å². The lowest BCUT2D eigenvalue weighted by Gasteiger charge is -2.13. The van der Waals surface area contributed by atoms with E-state index in [1.165, 1.54) is 26.3 Å². The molecule has 7 heteroatoms. The van der Waals surface area contributed by atoms with Crippen molar-refractivity contribution in [3.05, 3.63) is 38.9 Å². The topological polar surface area (TPSA) is 72.7 Å². The van der Waals surface area contributed by atoms with Crippen molar-refractivity contribution in [1.82, 2.24) is 5.06 Å². The molecule has 0 bridgehead atoms. The van der Waals surface area contributed by atoms with Crippen molar-refractivity contribution in [2.24, 2.45) is 0 Å². The fourth-order valence-corrected chi connectivity index (χ4v) is 1.24. The number of hydroxylamine groups is 2. The molecule has 0 radical (unpaired) electrons. The second-order valence-corrected chi connectivity index (χ2v) is 3.32. The normalized spacial score (nSPS) is 9.94. The van der Waals surface area contributed by atoms with Crippen LogP contribution in [-0.4, -0.2) is 30.1 Å². The SMILES string of the molecule is CON(C)C(=O)c1ccc(Cl)c([N+](=O)[O-])c1. The maximum Gasteiger partial charge on any atom is 0.288 e. The number of hydrogen-bond donors (Lipinski definition) is 0. The molecule has 0 saturated carbocycles. The summed E-state index contributed by atoms with van der Waals surface area (Å²) >= 11 is 5.61. The Bertz CT molecular complexity index is 436. The van der Waals surface area contributed by atoms with Crippen molar-refractivity contribution < 1.29 is 14.6 Å². The Morgan fingerprint density at radius 3 is 2.69 bits per heavy atom. The van der Waals surface area contributed by atoms with Gasteiger partial charge in [0, 0.05) is 18.7 Å². The molecule has 0 fully saturated rings. The average molecular weight is 245 g/mol. The number of rotatable bonds is 3. The molecule has 0 aliphatic heterocycles. The van der Waals surface area contributed by atoms with E-state index in [1.54, 1.807) is 0 Å². The summed E-state index contributed by atoms with van der Waals surface area (Å²) in [4.78, 5) is 26.2. The largest absolute Gasteiger partial charge is 0.288 e. The standard InChI is InChI=1S/C9H9ClN2O4/c1-11(16-2)9(13)6-3-4-7(10)8(5-6)12(14)15/h3-5H,1-2H3. The Morgan fingerprint density at radius 1 is 1.56 bits per heavy atom. The summed E-state index contributed by atoms with van der Waals surface area (Å²) in [5.74, 6) is -0.484. The monoisotopic (exact) mass is 244 g/mol. The number of nitrogens with zero attached hydrogens (tertiary/aromatic N) is 2. The third-order valence-electron chi connectivity index (χ3n) is 1.95. The number of amides is 1. The highest BCUT2D eigenvalue weighted by Gasteiger charge is 2.18. The van der Waals surface area contributed by atoms with E-state index in [-0.39, 0.29) is 16.3 Å². The van der Waals surface area contributed by atoms with E-state index in [9.17, 15) is 14.9 Å². The van der Waals surface area contributed by atoms with Gasteiger partial charge in [0.2, 0.25) is 0 Å².